The van der Waals surface area contributed by atoms with Gasteiger partial charge in [-0.1, -0.05) is 28.6 Å². The highest BCUT2D eigenvalue weighted by Gasteiger charge is 2.35. The zero-order valence-corrected chi connectivity index (χ0v) is 22.4. The van der Waals surface area contributed by atoms with E-state index in [0.29, 0.717) is 43.8 Å². The molecule has 0 bridgehead atoms. The molecule has 0 unspecified atom stereocenters. The summed E-state index contributed by atoms with van der Waals surface area (Å²) in [7, 11) is 0. The van der Waals surface area contributed by atoms with E-state index in [1.165, 1.54) is 29.6 Å². The number of halogens is 3. The Morgan fingerprint density at radius 2 is 1.97 bits per heavy atom. The van der Waals surface area contributed by atoms with Crippen molar-refractivity contribution in [2.75, 3.05) is 13.1 Å². The number of piperidine rings is 1. The van der Waals surface area contributed by atoms with E-state index in [4.69, 9.17) is 9.82 Å². The molecule has 39 heavy (non-hydrogen) atoms. The fraction of sp³-hybridized carbons (Fsp3) is 0.400. The van der Waals surface area contributed by atoms with Crippen LogP contribution in [-0.2, 0) is 22.4 Å². The van der Waals surface area contributed by atoms with Crippen molar-refractivity contribution in [3.63, 3.8) is 0 Å². The molecule has 1 atom stereocenters. The Kier molecular flexibility index (Phi) is 6.53. The zero-order chi connectivity index (χ0) is 27.3. The van der Waals surface area contributed by atoms with Crippen LogP contribution in [0.5, 0.6) is 0 Å². The summed E-state index contributed by atoms with van der Waals surface area (Å²) in [6.45, 7) is 2.26. The van der Waals surface area contributed by atoms with E-state index in [9.17, 15) is 22.8 Å². The van der Waals surface area contributed by atoms with Crippen LogP contribution in [0.4, 0.5) is 13.2 Å². The minimum Gasteiger partial charge on any atom is -0.369 e. The standard InChI is InChI=1S/C25H23F3N6O3S2/c1-14-10-20(25(26,27)28)30-33(14)12-21(35)32-8-6-15(7-9-32)23-29-17(13-38-23)16-11-22(37-31-16)34-18-4-2-3-5-19(18)39-24(34)36/h2-5,10,13,15,22H,6-9,11-12H2,1H3/t22-/m1/s1. The van der Waals surface area contributed by atoms with Crippen LogP contribution in [0.3, 0.4) is 0 Å². The number of hydrogen-bond acceptors (Lipinski definition) is 8. The summed E-state index contributed by atoms with van der Waals surface area (Å²) in [5.74, 6) is -0.0915. The number of thiazole rings is 2. The van der Waals surface area contributed by atoms with Gasteiger partial charge in [-0.3, -0.25) is 18.8 Å². The van der Waals surface area contributed by atoms with Crippen LogP contribution >= 0.6 is 22.7 Å². The number of aromatic nitrogens is 4. The minimum atomic E-state index is -4.54. The summed E-state index contributed by atoms with van der Waals surface area (Å²) in [6.07, 6.45) is -3.23. The van der Waals surface area contributed by atoms with Crippen molar-refractivity contribution in [2.45, 2.75) is 51.1 Å². The van der Waals surface area contributed by atoms with Crippen LogP contribution in [0.2, 0.25) is 0 Å². The predicted octanol–water partition coefficient (Wildman–Crippen LogP) is 4.77. The molecule has 5 heterocycles. The SMILES string of the molecule is Cc1cc(C(F)(F)F)nn1CC(=O)N1CCC(c2nc(C3=NO[C@@H](n4c(=O)sc5ccccc54)C3)cs2)CC1. The molecule has 2 aliphatic heterocycles. The molecule has 0 aliphatic carbocycles. The molecule has 4 aromatic rings. The summed E-state index contributed by atoms with van der Waals surface area (Å²) in [6, 6.07) is 8.52. The molecule has 1 saturated heterocycles. The van der Waals surface area contributed by atoms with Gasteiger partial charge in [0.1, 0.15) is 12.3 Å². The summed E-state index contributed by atoms with van der Waals surface area (Å²) >= 11 is 2.70. The number of hydrogen-bond donors (Lipinski definition) is 0. The number of aryl methyl sites for hydroxylation is 1. The normalized spacial score (nSPS) is 18.5. The lowest BCUT2D eigenvalue weighted by molar-refractivity contribution is -0.142. The molecule has 0 spiro atoms. The van der Waals surface area contributed by atoms with E-state index >= 15 is 0 Å². The van der Waals surface area contributed by atoms with Crippen molar-refractivity contribution in [1.29, 1.82) is 0 Å². The smallest absolute Gasteiger partial charge is 0.369 e. The maximum Gasteiger partial charge on any atom is 0.435 e. The number of carbonyl (C=O) groups is 1. The Balaban J connectivity index is 1.06. The molecule has 0 N–H and O–H groups in total. The minimum absolute atomic E-state index is 0.0959. The first kappa shape index (κ1) is 25.7. The molecule has 0 radical (unpaired) electrons. The van der Waals surface area contributed by atoms with Crippen molar-refractivity contribution < 1.29 is 22.8 Å². The largest absolute Gasteiger partial charge is 0.435 e. The van der Waals surface area contributed by atoms with Gasteiger partial charge in [-0.2, -0.15) is 18.3 Å². The van der Waals surface area contributed by atoms with Gasteiger partial charge in [0.15, 0.2) is 5.69 Å². The topological polar surface area (TPSA) is 94.6 Å². The highest BCUT2D eigenvalue weighted by atomic mass is 32.1. The summed E-state index contributed by atoms with van der Waals surface area (Å²) in [4.78, 5) is 37.3. The van der Waals surface area contributed by atoms with Crippen molar-refractivity contribution in [1.82, 2.24) is 24.2 Å². The molecule has 6 rings (SSSR count). The monoisotopic (exact) mass is 576 g/mol. The molecule has 1 amide bonds. The predicted molar refractivity (Wildman–Crippen MR) is 140 cm³/mol. The fourth-order valence-electron chi connectivity index (χ4n) is 4.93. The van der Waals surface area contributed by atoms with Gasteiger partial charge in [0, 0.05) is 30.1 Å². The number of fused-ring (bicyclic) bond motifs is 1. The van der Waals surface area contributed by atoms with Gasteiger partial charge >= 0.3 is 11.0 Å². The van der Waals surface area contributed by atoms with E-state index in [0.717, 1.165) is 31.7 Å². The lowest BCUT2D eigenvalue weighted by atomic mass is 9.97. The Morgan fingerprint density at radius 3 is 2.72 bits per heavy atom. The molecule has 1 aromatic carbocycles. The van der Waals surface area contributed by atoms with Crippen molar-refractivity contribution in [3.8, 4) is 0 Å². The molecule has 3 aromatic heterocycles. The van der Waals surface area contributed by atoms with Gasteiger partial charge in [0.25, 0.3) is 0 Å². The van der Waals surface area contributed by atoms with Crippen molar-refractivity contribution in [2.24, 2.45) is 5.16 Å². The third-order valence-corrected chi connectivity index (χ3v) is 8.97. The number of rotatable bonds is 5. The number of oxime groups is 1. The summed E-state index contributed by atoms with van der Waals surface area (Å²) in [5, 5.41) is 10.7. The highest BCUT2D eigenvalue weighted by Crippen LogP contribution is 2.33. The average molecular weight is 577 g/mol. The maximum absolute atomic E-state index is 12.9. The van der Waals surface area contributed by atoms with Crippen LogP contribution in [0, 0.1) is 6.92 Å². The molecule has 14 heteroatoms. The highest BCUT2D eigenvalue weighted by molar-refractivity contribution is 7.16. The van der Waals surface area contributed by atoms with Gasteiger partial charge in [-0.25, -0.2) is 4.98 Å². The van der Waals surface area contributed by atoms with E-state index in [1.54, 1.807) is 9.47 Å². The molecule has 1 fully saturated rings. The first-order valence-electron chi connectivity index (χ1n) is 12.4. The van der Waals surface area contributed by atoms with E-state index in [-0.39, 0.29) is 23.2 Å². The Bertz CT molecular complexity index is 1630. The average Bonchev–Trinajstić information content (AvgIpc) is 3.69. The molecule has 2 aliphatic rings. The number of carbonyl (C=O) groups excluding carboxylic acids is 1. The fourth-order valence-corrected chi connectivity index (χ4v) is 6.85. The molecular weight excluding hydrogens is 553 g/mol. The number of amides is 1. The van der Waals surface area contributed by atoms with E-state index in [1.807, 2.05) is 29.6 Å². The summed E-state index contributed by atoms with van der Waals surface area (Å²) < 4.78 is 42.4. The number of likely N-dealkylation sites (tertiary alicyclic amines) is 1. The van der Waals surface area contributed by atoms with Crippen LogP contribution in [0.25, 0.3) is 10.2 Å². The molecule has 0 saturated carbocycles. The third kappa shape index (κ3) is 4.98. The number of para-hydroxylation sites is 1. The lowest BCUT2D eigenvalue weighted by Gasteiger charge is -2.31. The quantitative estimate of drug-likeness (QED) is 0.341. The van der Waals surface area contributed by atoms with Gasteiger partial charge in [-0.05, 0) is 38.0 Å². The Labute approximate surface area is 228 Å². The van der Waals surface area contributed by atoms with Crippen LogP contribution in [0.15, 0.2) is 45.7 Å². The maximum atomic E-state index is 12.9. The first-order valence-corrected chi connectivity index (χ1v) is 14.0. The second-order valence-electron chi connectivity index (χ2n) is 9.56. The van der Waals surface area contributed by atoms with E-state index in [2.05, 4.69) is 10.3 Å². The van der Waals surface area contributed by atoms with Crippen LogP contribution in [-0.4, -0.2) is 48.9 Å². The van der Waals surface area contributed by atoms with Gasteiger partial charge in [-0.15, -0.1) is 11.3 Å². The summed E-state index contributed by atoms with van der Waals surface area (Å²) in [5.41, 5.74) is 1.52. The second-order valence-corrected chi connectivity index (χ2v) is 11.4. The lowest BCUT2D eigenvalue weighted by Crippen LogP contribution is -2.40. The van der Waals surface area contributed by atoms with Crippen molar-refractivity contribution >= 4 is 44.5 Å². The van der Waals surface area contributed by atoms with E-state index < -0.39 is 18.1 Å². The third-order valence-electron chi connectivity index (χ3n) is 7.03. The number of alkyl halides is 3. The van der Waals surface area contributed by atoms with Crippen LogP contribution < -0.4 is 4.87 Å². The van der Waals surface area contributed by atoms with Gasteiger partial charge in [0.05, 0.1) is 27.3 Å². The molecule has 9 nitrogen and oxygen atoms in total. The van der Waals surface area contributed by atoms with Gasteiger partial charge in [0.2, 0.25) is 12.1 Å². The number of nitrogens with zero attached hydrogens (tertiary/aromatic N) is 6. The van der Waals surface area contributed by atoms with Crippen LogP contribution in [0.1, 0.15) is 53.5 Å². The molecule has 204 valence electrons. The van der Waals surface area contributed by atoms with Crippen molar-refractivity contribution in [3.05, 3.63) is 67.5 Å². The zero-order valence-electron chi connectivity index (χ0n) is 20.7. The Morgan fingerprint density at radius 1 is 1.21 bits per heavy atom. The first-order chi connectivity index (χ1) is 18.7. The second kappa shape index (κ2) is 9.90. The van der Waals surface area contributed by atoms with Gasteiger partial charge < -0.3 is 9.74 Å². The molecular formula is C25H23F3N6O3S2. The Hall–Kier alpha value is -3.52. The number of benzene rings is 1.